The second-order valence-electron chi connectivity index (χ2n) is 3.33. The van der Waals surface area contributed by atoms with Crippen molar-refractivity contribution in [2.24, 2.45) is 0 Å². The van der Waals surface area contributed by atoms with Crippen molar-refractivity contribution in [2.45, 2.75) is 39.7 Å². The fraction of sp³-hybridized carbons (Fsp3) is 0.600. The minimum Gasteiger partial charge on any atom is -0.466 e. The zero-order chi connectivity index (χ0) is 9.14. The Morgan fingerprint density at radius 1 is 1.50 bits per heavy atom. The smallest absolute Gasteiger partial charge is 0.104 e. The van der Waals surface area contributed by atoms with E-state index in [-0.39, 0.29) is 6.10 Å². The Labute approximate surface area is 73.2 Å². The van der Waals surface area contributed by atoms with Gasteiger partial charge in [0, 0.05) is 0 Å². The monoisotopic (exact) mass is 168 g/mol. The molecule has 1 heterocycles. The van der Waals surface area contributed by atoms with Crippen LogP contribution in [0.25, 0.3) is 0 Å². The number of aliphatic hydroxyl groups is 1. The molecule has 0 aliphatic heterocycles. The summed E-state index contributed by atoms with van der Waals surface area (Å²) in [5, 5.41) is 9.08. The molecule has 0 fully saturated rings. The predicted octanol–water partition coefficient (Wildman–Crippen LogP) is 2.21. The molecular formula is C10H16O2. The van der Waals surface area contributed by atoms with Gasteiger partial charge in [-0.05, 0) is 45.2 Å². The van der Waals surface area contributed by atoms with Gasteiger partial charge in [0.1, 0.15) is 11.5 Å². The van der Waals surface area contributed by atoms with E-state index in [1.165, 1.54) is 5.56 Å². The van der Waals surface area contributed by atoms with Gasteiger partial charge < -0.3 is 9.52 Å². The van der Waals surface area contributed by atoms with Crippen LogP contribution >= 0.6 is 0 Å². The van der Waals surface area contributed by atoms with E-state index < -0.39 is 0 Å². The zero-order valence-corrected chi connectivity index (χ0v) is 7.92. The lowest BCUT2D eigenvalue weighted by atomic mass is 10.1. The predicted molar refractivity (Wildman–Crippen MR) is 48.2 cm³/mol. The van der Waals surface area contributed by atoms with Crippen LogP contribution in [0.2, 0.25) is 0 Å². The van der Waals surface area contributed by atoms with Crippen LogP contribution in [-0.2, 0) is 6.42 Å². The van der Waals surface area contributed by atoms with E-state index in [0.717, 1.165) is 24.4 Å². The molecule has 0 unspecified atom stereocenters. The van der Waals surface area contributed by atoms with Crippen molar-refractivity contribution in [3.8, 4) is 0 Å². The molecule has 1 N–H and O–H groups in total. The molecule has 0 amide bonds. The third-order valence-corrected chi connectivity index (χ3v) is 1.98. The fourth-order valence-corrected chi connectivity index (χ4v) is 1.30. The number of hydrogen-bond acceptors (Lipinski definition) is 2. The Morgan fingerprint density at radius 2 is 2.17 bits per heavy atom. The highest BCUT2D eigenvalue weighted by atomic mass is 16.3. The SMILES string of the molecule is Cc1cc(CC[C@@H](C)O)c(C)o1. The maximum absolute atomic E-state index is 9.08. The summed E-state index contributed by atoms with van der Waals surface area (Å²) >= 11 is 0. The van der Waals surface area contributed by atoms with Crippen molar-refractivity contribution in [1.82, 2.24) is 0 Å². The molecule has 1 aromatic rings. The molecule has 2 nitrogen and oxygen atoms in total. The average molecular weight is 168 g/mol. The van der Waals surface area contributed by atoms with Crippen LogP contribution in [0.4, 0.5) is 0 Å². The number of aryl methyl sites for hydroxylation is 3. The average Bonchev–Trinajstić information content (AvgIpc) is 2.26. The fourth-order valence-electron chi connectivity index (χ4n) is 1.30. The van der Waals surface area contributed by atoms with Crippen LogP contribution in [0, 0.1) is 13.8 Å². The third kappa shape index (κ3) is 2.38. The Bertz CT molecular complexity index is 248. The number of aliphatic hydroxyl groups excluding tert-OH is 1. The number of hydrogen-bond donors (Lipinski definition) is 1. The van der Waals surface area contributed by atoms with Gasteiger partial charge in [0.25, 0.3) is 0 Å². The van der Waals surface area contributed by atoms with E-state index in [1.54, 1.807) is 0 Å². The lowest BCUT2D eigenvalue weighted by Crippen LogP contribution is -2.01. The Balaban J connectivity index is 2.57. The van der Waals surface area contributed by atoms with Crippen molar-refractivity contribution < 1.29 is 9.52 Å². The van der Waals surface area contributed by atoms with E-state index in [9.17, 15) is 0 Å². The van der Waals surface area contributed by atoms with Crippen molar-refractivity contribution in [3.05, 3.63) is 23.2 Å². The van der Waals surface area contributed by atoms with E-state index in [1.807, 2.05) is 26.8 Å². The van der Waals surface area contributed by atoms with Gasteiger partial charge in [0.15, 0.2) is 0 Å². The maximum Gasteiger partial charge on any atom is 0.104 e. The first-order valence-electron chi connectivity index (χ1n) is 4.33. The molecule has 0 spiro atoms. The van der Waals surface area contributed by atoms with Crippen molar-refractivity contribution in [1.29, 1.82) is 0 Å². The van der Waals surface area contributed by atoms with E-state index >= 15 is 0 Å². The second kappa shape index (κ2) is 3.76. The Hall–Kier alpha value is -0.760. The first-order chi connectivity index (χ1) is 5.59. The highest BCUT2D eigenvalue weighted by Crippen LogP contribution is 2.15. The van der Waals surface area contributed by atoms with Gasteiger partial charge in [0.05, 0.1) is 6.10 Å². The molecule has 68 valence electrons. The minimum atomic E-state index is -0.223. The molecule has 0 aromatic carbocycles. The quantitative estimate of drug-likeness (QED) is 0.750. The standard InChI is InChI=1S/C10H16O2/c1-7(11)4-5-10-6-8(2)12-9(10)3/h6-7,11H,4-5H2,1-3H3/t7-/m1/s1. The summed E-state index contributed by atoms with van der Waals surface area (Å²) in [5.41, 5.74) is 1.22. The van der Waals surface area contributed by atoms with E-state index in [2.05, 4.69) is 0 Å². The van der Waals surface area contributed by atoms with Crippen molar-refractivity contribution >= 4 is 0 Å². The van der Waals surface area contributed by atoms with Gasteiger partial charge in [0.2, 0.25) is 0 Å². The normalized spacial score (nSPS) is 13.3. The molecule has 12 heavy (non-hydrogen) atoms. The van der Waals surface area contributed by atoms with Crippen molar-refractivity contribution in [2.75, 3.05) is 0 Å². The first kappa shape index (κ1) is 9.33. The molecule has 1 rings (SSSR count). The maximum atomic E-state index is 9.08. The van der Waals surface area contributed by atoms with Gasteiger partial charge in [-0.2, -0.15) is 0 Å². The molecular weight excluding hydrogens is 152 g/mol. The Morgan fingerprint density at radius 3 is 2.58 bits per heavy atom. The van der Waals surface area contributed by atoms with Gasteiger partial charge in [-0.25, -0.2) is 0 Å². The van der Waals surface area contributed by atoms with E-state index in [0.29, 0.717) is 0 Å². The molecule has 0 radical (unpaired) electrons. The first-order valence-corrected chi connectivity index (χ1v) is 4.33. The van der Waals surface area contributed by atoms with Crippen LogP contribution in [0.3, 0.4) is 0 Å². The summed E-state index contributed by atoms with van der Waals surface area (Å²) in [6.07, 6.45) is 1.49. The Kier molecular flexibility index (Phi) is 2.93. The topological polar surface area (TPSA) is 33.4 Å². The summed E-state index contributed by atoms with van der Waals surface area (Å²) in [6, 6.07) is 2.04. The largest absolute Gasteiger partial charge is 0.466 e. The highest BCUT2D eigenvalue weighted by molar-refractivity contribution is 5.20. The lowest BCUT2D eigenvalue weighted by molar-refractivity contribution is 0.185. The summed E-state index contributed by atoms with van der Waals surface area (Å²) < 4.78 is 5.37. The van der Waals surface area contributed by atoms with Crippen LogP contribution in [0.5, 0.6) is 0 Å². The minimum absolute atomic E-state index is 0.223. The van der Waals surface area contributed by atoms with Crippen LogP contribution in [0.15, 0.2) is 10.5 Å². The van der Waals surface area contributed by atoms with E-state index in [4.69, 9.17) is 9.52 Å². The molecule has 0 bridgehead atoms. The van der Waals surface area contributed by atoms with Gasteiger partial charge in [-0.1, -0.05) is 0 Å². The molecule has 0 saturated carbocycles. The third-order valence-electron chi connectivity index (χ3n) is 1.98. The van der Waals surface area contributed by atoms with Crippen LogP contribution in [-0.4, -0.2) is 11.2 Å². The number of furan rings is 1. The summed E-state index contributed by atoms with van der Waals surface area (Å²) in [7, 11) is 0. The summed E-state index contributed by atoms with van der Waals surface area (Å²) in [5.74, 6) is 1.93. The van der Waals surface area contributed by atoms with Gasteiger partial charge in [-0.3, -0.25) is 0 Å². The second-order valence-corrected chi connectivity index (χ2v) is 3.33. The van der Waals surface area contributed by atoms with Crippen LogP contribution in [0.1, 0.15) is 30.4 Å². The van der Waals surface area contributed by atoms with Crippen molar-refractivity contribution in [3.63, 3.8) is 0 Å². The number of rotatable bonds is 3. The zero-order valence-electron chi connectivity index (χ0n) is 7.92. The summed E-state index contributed by atoms with van der Waals surface area (Å²) in [6.45, 7) is 5.71. The molecule has 0 aliphatic rings. The van der Waals surface area contributed by atoms with Crippen LogP contribution < -0.4 is 0 Å². The molecule has 2 heteroatoms. The highest BCUT2D eigenvalue weighted by Gasteiger charge is 2.05. The lowest BCUT2D eigenvalue weighted by Gasteiger charge is -2.01. The molecule has 0 saturated heterocycles. The van der Waals surface area contributed by atoms with Gasteiger partial charge in [-0.15, -0.1) is 0 Å². The molecule has 0 aliphatic carbocycles. The molecule has 1 aromatic heterocycles. The summed E-state index contributed by atoms with van der Waals surface area (Å²) in [4.78, 5) is 0. The van der Waals surface area contributed by atoms with Gasteiger partial charge >= 0.3 is 0 Å². The molecule has 1 atom stereocenters.